The van der Waals surface area contributed by atoms with Gasteiger partial charge in [0.15, 0.2) is 0 Å². The number of amides is 1. The molecule has 3 nitrogen and oxygen atoms in total. The Balaban J connectivity index is 2.11. The Labute approximate surface area is 91.5 Å². The van der Waals surface area contributed by atoms with Crippen molar-refractivity contribution in [3.8, 4) is 0 Å². The molecule has 1 aromatic heterocycles. The lowest BCUT2D eigenvalue weighted by Crippen LogP contribution is -2.09. The van der Waals surface area contributed by atoms with E-state index in [1.165, 1.54) is 11.3 Å². The molecule has 0 atom stereocenters. The SMILES string of the molecule is Nc1ccc(C(=O)Nc2ccccc2)s1. The summed E-state index contributed by atoms with van der Waals surface area (Å²) in [6.07, 6.45) is 0. The maximum atomic E-state index is 11.7. The molecule has 0 bridgehead atoms. The van der Waals surface area contributed by atoms with Gasteiger partial charge >= 0.3 is 0 Å². The quantitative estimate of drug-likeness (QED) is 0.814. The Hall–Kier alpha value is -1.81. The molecule has 0 aliphatic carbocycles. The van der Waals surface area contributed by atoms with Crippen molar-refractivity contribution in [1.29, 1.82) is 0 Å². The Kier molecular flexibility index (Phi) is 2.69. The normalized spacial score (nSPS) is 9.87. The summed E-state index contributed by atoms with van der Waals surface area (Å²) in [4.78, 5) is 12.3. The number of hydrogen-bond donors (Lipinski definition) is 2. The topological polar surface area (TPSA) is 55.1 Å². The number of nitrogens with one attached hydrogen (secondary N) is 1. The van der Waals surface area contributed by atoms with Crippen LogP contribution in [0.5, 0.6) is 0 Å². The van der Waals surface area contributed by atoms with E-state index in [0.29, 0.717) is 9.88 Å². The van der Waals surface area contributed by atoms with Crippen LogP contribution in [0.1, 0.15) is 9.67 Å². The molecule has 2 aromatic rings. The smallest absolute Gasteiger partial charge is 0.265 e. The Bertz CT molecular complexity index is 464. The van der Waals surface area contributed by atoms with E-state index in [1.54, 1.807) is 12.1 Å². The first kappa shape index (κ1) is 9.73. The summed E-state index contributed by atoms with van der Waals surface area (Å²) in [5.74, 6) is -0.122. The van der Waals surface area contributed by atoms with Crippen LogP contribution in [-0.4, -0.2) is 5.91 Å². The van der Waals surface area contributed by atoms with Crippen LogP contribution in [0.15, 0.2) is 42.5 Å². The molecule has 0 radical (unpaired) electrons. The van der Waals surface area contributed by atoms with E-state index in [0.717, 1.165) is 5.69 Å². The monoisotopic (exact) mass is 218 g/mol. The van der Waals surface area contributed by atoms with Gasteiger partial charge in [0.1, 0.15) is 0 Å². The second-order valence-electron chi connectivity index (χ2n) is 3.02. The van der Waals surface area contributed by atoms with Crippen molar-refractivity contribution < 1.29 is 4.79 Å². The highest BCUT2D eigenvalue weighted by molar-refractivity contribution is 7.17. The van der Waals surface area contributed by atoms with Crippen LogP contribution in [0.4, 0.5) is 10.7 Å². The van der Waals surface area contributed by atoms with Gasteiger partial charge in [-0.15, -0.1) is 11.3 Å². The fourth-order valence-corrected chi connectivity index (χ4v) is 1.86. The minimum atomic E-state index is -0.122. The maximum absolute atomic E-state index is 11.7. The summed E-state index contributed by atoms with van der Waals surface area (Å²) in [7, 11) is 0. The number of anilines is 2. The van der Waals surface area contributed by atoms with Gasteiger partial charge in [-0.1, -0.05) is 18.2 Å². The maximum Gasteiger partial charge on any atom is 0.265 e. The van der Waals surface area contributed by atoms with Crippen molar-refractivity contribution in [2.24, 2.45) is 0 Å². The summed E-state index contributed by atoms with van der Waals surface area (Å²) in [5, 5.41) is 3.43. The molecule has 1 heterocycles. The second-order valence-corrected chi connectivity index (χ2v) is 4.14. The van der Waals surface area contributed by atoms with Crippen molar-refractivity contribution in [3.05, 3.63) is 47.3 Å². The van der Waals surface area contributed by atoms with Gasteiger partial charge in [0, 0.05) is 5.69 Å². The van der Waals surface area contributed by atoms with Crippen LogP contribution in [0.3, 0.4) is 0 Å². The number of carbonyl (C=O) groups is 1. The molecule has 4 heteroatoms. The molecule has 0 fully saturated rings. The molecule has 15 heavy (non-hydrogen) atoms. The Morgan fingerprint density at radius 1 is 1.13 bits per heavy atom. The summed E-state index contributed by atoms with van der Waals surface area (Å²) in [6.45, 7) is 0. The molecular formula is C11H10N2OS. The lowest BCUT2D eigenvalue weighted by atomic mass is 10.3. The minimum Gasteiger partial charge on any atom is -0.391 e. The van der Waals surface area contributed by atoms with E-state index in [9.17, 15) is 4.79 Å². The van der Waals surface area contributed by atoms with E-state index < -0.39 is 0 Å². The summed E-state index contributed by atoms with van der Waals surface area (Å²) in [5.41, 5.74) is 6.33. The number of benzene rings is 1. The van der Waals surface area contributed by atoms with Gasteiger partial charge in [-0.05, 0) is 24.3 Å². The van der Waals surface area contributed by atoms with Crippen LogP contribution in [0.25, 0.3) is 0 Å². The zero-order valence-corrected chi connectivity index (χ0v) is 8.75. The summed E-state index contributed by atoms with van der Waals surface area (Å²) in [6, 6.07) is 12.8. The molecule has 1 amide bonds. The van der Waals surface area contributed by atoms with Crippen molar-refractivity contribution in [2.75, 3.05) is 11.1 Å². The highest BCUT2D eigenvalue weighted by atomic mass is 32.1. The molecule has 0 saturated carbocycles. The zero-order valence-electron chi connectivity index (χ0n) is 7.94. The lowest BCUT2D eigenvalue weighted by molar-refractivity contribution is 0.103. The van der Waals surface area contributed by atoms with Crippen LogP contribution in [0.2, 0.25) is 0 Å². The summed E-state index contributed by atoms with van der Waals surface area (Å²) >= 11 is 1.28. The number of carbonyl (C=O) groups excluding carboxylic acids is 1. The largest absolute Gasteiger partial charge is 0.391 e. The molecule has 1 aromatic carbocycles. The van der Waals surface area contributed by atoms with E-state index in [2.05, 4.69) is 5.32 Å². The van der Waals surface area contributed by atoms with Crippen molar-refractivity contribution in [3.63, 3.8) is 0 Å². The van der Waals surface area contributed by atoms with Crippen LogP contribution in [0, 0.1) is 0 Å². The van der Waals surface area contributed by atoms with E-state index >= 15 is 0 Å². The number of nitrogen functional groups attached to an aromatic ring is 1. The van der Waals surface area contributed by atoms with Gasteiger partial charge in [0.25, 0.3) is 5.91 Å². The average molecular weight is 218 g/mol. The van der Waals surface area contributed by atoms with Crippen LogP contribution in [-0.2, 0) is 0 Å². The van der Waals surface area contributed by atoms with E-state index in [4.69, 9.17) is 5.73 Å². The van der Waals surface area contributed by atoms with Gasteiger partial charge in [0.2, 0.25) is 0 Å². The first-order chi connectivity index (χ1) is 7.25. The average Bonchev–Trinajstić information content (AvgIpc) is 2.66. The van der Waals surface area contributed by atoms with Gasteiger partial charge in [-0.3, -0.25) is 4.79 Å². The fourth-order valence-electron chi connectivity index (χ4n) is 1.19. The molecular weight excluding hydrogens is 208 g/mol. The van der Waals surface area contributed by atoms with Crippen molar-refractivity contribution in [1.82, 2.24) is 0 Å². The van der Waals surface area contributed by atoms with Gasteiger partial charge in [-0.2, -0.15) is 0 Å². The number of thiophene rings is 1. The predicted octanol–water partition coefficient (Wildman–Crippen LogP) is 2.58. The Morgan fingerprint density at radius 2 is 1.87 bits per heavy atom. The van der Waals surface area contributed by atoms with Gasteiger partial charge in [0.05, 0.1) is 9.88 Å². The lowest BCUT2D eigenvalue weighted by Gasteiger charge is -2.01. The van der Waals surface area contributed by atoms with Crippen molar-refractivity contribution >= 4 is 27.9 Å². The van der Waals surface area contributed by atoms with Gasteiger partial charge < -0.3 is 11.1 Å². The van der Waals surface area contributed by atoms with E-state index in [1.807, 2.05) is 30.3 Å². The third-order valence-electron chi connectivity index (χ3n) is 1.88. The van der Waals surface area contributed by atoms with Crippen LogP contribution >= 0.6 is 11.3 Å². The van der Waals surface area contributed by atoms with Crippen LogP contribution < -0.4 is 11.1 Å². The number of para-hydroxylation sites is 1. The Morgan fingerprint density at radius 3 is 2.47 bits per heavy atom. The second kappa shape index (κ2) is 4.14. The minimum absolute atomic E-state index is 0.122. The third-order valence-corrected chi connectivity index (χ3v) is 2.80. The molecule has 3 N–H and O–H groups in total. The first-order valence-electron chi connectivity index (χ1n) is 4.47. The summed E-state index contributed by atoms with van der Waals surface area (Å²) < 4.78 is 0. The highest BCUT2D eigenvalue weighted by Gasteiger charge is 2.07. The molecule has 2 rings (SSSR count). The molecule has 0 aliphatic rings. The number of rotatable bonds is 2. The molecule has 0 saturated heterocycles. The third kappa shape index (κ3) is 2.35. The predicted molar refractivity (Wildman–Crippen MR) is 63.1 cm³/mol. The molecule has 0 spiro atoms. The van der Waals surface area contributed by atoms with Gasteiger partial charge in [-0.25, -0.2) is 0 Å². The number of hydrogen-bond acceptors (Lipinski definition) is 3. The molecule has 0 aliphatic heterocycles. The molecule has 76 valence electrons. The standard InChI is InChI=1S/C11H10N2OS/c12-10-7-6-9(15-10)11(14)13-8-4-2-1-3-5-8/h1-7H,12H2,(H,13,14). The number of nitrogens with two attached hydrogens (primary N) is 1. The zero-order chi connectivity index (χ0) is 10.7. The fraction of sp³-hybridized carbons (Fsp3) is 0. The highest BCUT2D eigenvalue weighted by Crippen LogP contribution is 2.19. The first-order valence-corrected chi connectivity index (χ1v) is 5.29. The molecule has 0 unspecified atom stereocenters. The van der Waals surface area contributed by atoms with Crippen molar-refractivity contribution in [2.45, 2.75) is 0 Å². The van der Waals surface area contributed by atoms with E-state index in [-0.39, 0.29) is 5.91 Å².